The molecule has 6 heterocycles. The number of pyridine rings is 1. The van der Waals surface area contributed by atoms with Crippen molar-refractivity contribution in [3.63, 3.8) is 0 Å². The van der Waals surface area contributed by atoms with Gasteiger partial charge in [0, 0.05) is 54.9 Å². The topological polar surface area (TPSA) is 105 Å². The standard InChI is InChI=1S/C38H41F2N7O3/c1-5-27-30(39)10-7-23-13-26(50-37(48)42-21(2)3)14-28(31(23)27)33-32(40)34-29(16-41-33)35(46-18-24-8-9-25(19-46)43-24)45-36(44-34)49-20-38-11-6-12-47(38)17-22(4)15-38/h1,7,10,13-14,16,21-22,24-25,43H,6,8-9,11-12,15,17-20H2,2-4H3,(H,42,48)/t22-,24?,25?,38+/m1/s1. The Kier molecular flexibility index (Phi) is 8.23. The molecule has 10 nitrogen and oxygen atoms in total. The zero-order chi connectivity index (χ0) is 34.7. The molecule has 4 saturated heterocycles. The molecule has 4 aliphatic heterocycles. The van der Waals surface area contributed by atoms with Gasteiger partial charge in [0.2, 0.25) is 0 Å². The van der Waals surface area contributed by atoms with Crippen LogP contribution in [0.15, 0.2) is 30.5 Å². The van der Waals surface area contributed by atoms with Crippen molar-refractivity contribution < 1.29 is 23.0 Å². The quantitative estimate of drug-likeness (QED) is 0.235. The number of hydrogen-bond acceptors (Lipinski definition) is 9. The first-order valence-corrected chi connectivity index (χ1v) is 17.6. The van der Waals surface area contributed by atoms with Crippen LogP contribution in [-0.2, 0) is 0 Å². The first-order valence-electron chi connectivity index (χ1n) is 17.6. The van der Waals surface area contributed by atoms with Gasteiger partial charge in [-0.15, -0.1) is 6.42 Å². The number of aromatic nitrogens is 3. The van der Waals surface area contributed by atoms with E-state index in [1.54, 1.807) is 26.1 Å². The van der Waals surface area contributed by atoms with Crippen LogP contribution >= 0.6 is 0 Å². The van der Waals surface area contributed by atoms with Gasteiger partial charge in [0.25, 0.3) is 0 Å². The van der Waals surface area contributed by atoms with Gasteiger partial charge in [-0.3, -0.25) is 9.88 Å². The lowest BCUT2D eigenvalue weighted by molar-refractivity contribution is 0.107. The summed E-state index contributed by atoms with van der Waals surface area (Å²) in [5.41, 5.74) is -0.0281. The summed E-state index contributed by atoms with van der Waals surface area (Å²) in [6.07, 6.45) is 12.0. The van der Waals surface area contributed by atoms with E-state index in [4.69, 9.17) is 20.9 Å². The fourth-order valence-corrected chi connectivity index (χ4v) is 8.68. The minimum atomic E-state index is -0.735. The fourth-order valence-electron chi connectivity index (χ4n) is 8.68. The molecule has 260 valence electrons. The number of nitrogens with zero attached hydrogens (tertiary/aromatic N) is 5. The van der Waals surface area contributed by atoms with E-state index in [1.165, 1.54) is 18.2 Å². The highest BCUT2D eigenvalue weighted by atomic mass is 19.1. The Morgan fingerprint density at radius 2 is 1.98 bits per heavy atom. The van der Waals surface area contributed by atoms with Crippen LogP contribution < -0.4 is 25.0 Å². The van der Waals surface area contributed by atoms with Gasteiger partial charge >= 0.3 is 12.1 Å². The van der Waals surface area contributed by atoms with E-state index in [1.807, 2.05) is 0 Å². The first-order chi connectivity index (χ1) is 24.1. The Labute approximate surface area is 289 Å². The number of terminal acetylenes is 1. The molecule has 0 saturated carbocycles. The molecule has 4 aromatic rings. The number of fused-ring (bicyclic) bond motifs is 5. The Balaban J connectivity index is 1.27. The summed E-state index contributed by atoms with van der Waals surface area (Å²) in [5.74, 6) is 2.32. The van der Waals surface area contributed by atoms with E-state index in [0.717, 1.165) is 45.2 Å². The lowest BCUT2D eigenvalue weighted by atomic mass is 9.92. The number of carbonyl (C=O) groups excluding carboxylic acids is 1. The lowest BCUT2D eigenvalue weighted by Crippen LogP contribution is -2.51. The molecule has 2 bridgehead atoms. The van der Waals surface area contributed by atoms with Gasteiger partial charge in [0.1, 0.15) is 35.2 Å². The minimum absolute atomic E-state index is 0.0390. The third kappa shape index (κ3) is 5.76. The SMILES string of the molecule is C#Cc1c(F)ccc2cc(OC(=O)NC(C)C)cc(-c3ncc4c(N5CC6CCC(C5)N6)nc(OC[C@@]56CCCN5C[C@H](C)C6)nc4c3F)c12. The van der Waals surface area contributed by atoms with Crippen LogP contribution in [0.1, 0.15) is 58.4 Å². The zero-order valence-corrected chi connectivity index (χ0v) is 28.6. The summed E-state index contributed by atoms with van der Waals surface area (Å²) in [4.78, 5) is 31.5. The number of benzene rings is 2. The molecular weight excluding hydrogens is 640 g/mol. The molecule has 50 heavy (non-hydrogen) atoms. The van der Waals surface area contributed by atoms with Crippen LogP contribution in [0, 0.1) is 29.9 Å². The highest BCUT2D eigenvalue weighted by molar-refractivity contribution is 6.03. The predicted molar refractivity (Wildman–Crippen MR) is 187 cm³/mol. The molecule has 4 aliphatic rings. The average Bonchev–Trinajstić information content (AvgIpc) is 3.73. The molecule has 0 radical (unpaired) electrons. The van der Waals surface area contributed by atoms with E-state index >= 15 is 8.78 Å². The fraction of sp³-hybridized carbons (Fsp3) is 0.474. The van der Waals surface area contributed by atoms with Crippen LogP contribution in [-0.4, -0.2) is 82.4 Å². The van der Waals surface area contributed by atoms with E-state index in [0.29, 0.717) is 54.3 Å². The number of amides is 1. The maximum Gasteiger partial charge on any atom is 0.412 e. The maximum absolute atomic E-state index is 17.2. The number of piperazine rings is 1. The molecule has 2 aromatic heterocycles. The van der Waals surface area contributed by atoms with Crippen LogP contribution in [0.5, 0.6) is 11.8 Å². The van der Waals surface area contributed by atoms with Crippen LogP contribution in [0.2, 0.25) is 0 Å². The summed E-state index contributed by atoms with van der Waals surface area (Å²) < 4.78 is 44.3. The second-order valence-electron chi connectivity index (χ2n) is 14.8. The van der Waals surface area contributed by atoms with E-state index < -0.39 is 17.7 Å². The molecule has 0 spiro atoms. The molecule has 2 unspecified atom stereocenters. The summed E-state index contributed by atoms with van der Waals surface area (Å²) in [6, 6.07) is 6.34. The molecule has 4 fully saturated rings. The van der Waals surface area contributed by atoms with Gasteiger partial charge in [-0.1, -0.05) is 18.9 Å². The normalized spacial score (nSPS) is 24.6. The Morgan fingerprint density at radius 3 is 2.74 bits per heavy atom. The van der Waals surface area contributed by atoms with Crippen LogP contribution in [0.25, 0.3) is 32.9 Å². The van der Waals surface area contributed by atoms with Gasteiger partial charge in [-0.05, 0) is 82.0 Å². The van der Waals surface area contributed by atoms with Crippen LogP contribution in [0.4, 0.5) is 19.4 Å². The average molecular weight is 682 g/mol. The molecule has 2 N–H and O–H groups in total. The van der Waals surface area contributed by atoms with Gasteiger partial charge in [0.15, 0.2) is 5.82 Å². The van der Waals surface area contributed by atoms with Gasteiger partial charge < -0.3 is 25.0 Å². The summed E-state index contributed by atoms with van der Waals surface area (Å²) >= 11 is 0. The van der Waals surface area contributed by atoms with E-state index in [9.17, 15) is 4.79 Å². The number of carbonyl (C=O) groups is 1. The molecule has 8 rings (SSSR count). The molecule has 2 aromatic carbocycles. The van der Waals surface area contributed by atoms with Crippen molar-refractivity contribution in [1.82, 2.24) is 30.5 Å². The summed E-state index contributed by atoms with van der Waals surface area (Å²) in [5, 5.41) is 7.51. The second kappa shape index (κ2) is 12.6. The Hall–Kier alpha value is -4.60. The molecule has 0 aliphatic carbocycles. The van der Waals surface area contributed by atoms with Crippen molar-refractivity contribution >= 4 is 33.6 Å². The lowest BCUT2D eigenvalue weighted by Gasteiger charge is -2.34. The number of hydrogen-bond donors (Lipinski definition) is 2. The molecular formula is C38H41F2N7O3. The Morgan fingerprint density at radius 1 is 1.18 bits per heavy atom. The third-order valence-electron chi connectivity index (χ3n) is 10.7. The summed E-state index contributed by atoms with van der Waals surface area (Å²) in [6.45, 7) is 9.81. The number of rotatable bonds is 7. The van der Waals surface area contributed by atoms with Crippen molar-refractivity contribution in [3.8, 4) is 35.4 Å². The predicted octanol–water partition coefficient (Wildman–Crippen LogP) is 5.80. The monoisotopic (exact) mass is 681 g/mol. The highest BCUT2D eigenvalue weighted by Crippen LogP contribution is 2.43. The van der Waals surface area contributed by atoms with E-state index in [-0.39, 0.29) is 51.1 Å². The number of ether oxygens (including phenoxy) is 2. The van der Waals surface area contributed by atoms with Crippen molar-refractivity contribution in [2.75, 3.05) is 37.7 Å². The number of anilines is 1. The minimum Gasteiger partial charge on any atom is -0.461 e. The van der Waals surface area contributed by atoms with Gasteiger partial charge in [-0.25, -0.2) is 13.6 Å². The maximum atomic E-state index is 17.2. The Bertz CT molecular complexity index is 2040. The smallest absolute Gasteiger partial charge is 0.412 e. The largest absolute Gasteiger partial charge is 0.461 e. The van der Waals surface area contributed by atoms with E-state index in [2.05, 4.69) is 43.2 Å². The van der Waals surface area contributed by atoms with Crippen molar-refractivity contribution in [2.24, 2.45) is 5.92 Å². The first kappa shape index (κ1) is 32.6. The zero-order valence-electron chi connectivity index (χ0n) is 28.6. The van der Waals surface area contributed by atoms with Gasteiger partial charge in [0.05, 0.1) is 16.5 Å². The molecule has 1 amide bonds. The third-order valence-corrected chi connectivity index (χ3v) is 10.7. The van der Waals surface area contributed by atoms with Gasteiger partial charge in [-0.2, -0.15) is 9.97 Å². The van der Waals surface area contributed by atoms with Crippen molar-refractivity contribution in [2.45, 2.75) is 76.5 Å². The number of nitrogens with one attached hydrogen (secondary N) is 2. The van der Waals surface area contributed by atoms with Crippen molar-refractivity contribution in [3.05, 3.63) is 47.7 Å². The van der Waals surface area contributed by atoms with Crippen LogP contribution in [0.3, 0.4) is 0 Å². The highest BCUT2D eigenvalue weighted by Gasteiger charge is 2.48. The second-order valence-corrected chi connectivity index (χ2v) is 14.8. The molecule has 12 heteroatoms. The van der Waals surface area contributed by atoms with Crippen molar-refractivity contribution in [1.29, 1.82) is 0 Å². The number of halogens is 2. The summed E-state index contributed by atoms with van der Waals surface area (Å²) in [7, 11) is 0. The molecule has 4 atom stereocenters.